The number of likely N-dealkylation sites (N-methyl/N-ethyl adjacent to an activating group) is 1. The third-order valence-corrected chi connectivity index (χ3v) is 1.79. The van der Waals surface area contributed by atoms with E-state index in [2.05, 4.69) is 0 Å². The molecule has 0 amide bonds. The number of nitrogens with zero attached hydrogens (tertiary/aromatic N) is 1. The maximum absolute atomic E-state index is 9.34. The summed E-state index contributed by atoms with van der Waals surface area (Å²) in [6.45, 7) is 2.79. The molecule has 3 nitrogen and oxygen atoms in total. The van der Waals surface area contributed by atoms with Crippen molar-refractivity contribution < 1.29 is 10.2 Å². The monoisotopic (exact) mass is 131 g/mol. The molecule has 1 saturated heterocycles. The van der Waals surface area contributed by atoms with Gasteiger partial charge < -0.3 is 15.1 Å². The highest BCUT2D eigenvalue weighted by Gasteiger charge is 2.38. The Morgan fingerprint density at radius 2 is 2.22 bits per heavy atom. The summed E-state index contributed by atoms with van der Waals surface area (Å²) in [5.41, 5.74) is -0.894. The van der Waals surface area contributed by atoms with Crippen molar-refractivity contribution in [2.45, 2.75) is 18.6 Å². The molecule has 1 aliphatic heterocycles. The van der Waals surface area contributed by atoms with Crippen LogP contribution in [0.25, 0.3) is 0 Å². The van der Waals surface area contributed by atoms with Crippen molar-refractivity contribution >= 4 is 0 Å². The number of aliphatic hydroxyl groups is 2. The zero-order valence-electron chi connectivity index (χ0n) is 5.83. The summed E-state index contributed by atoms with van der Waals surface area (Å²) in [6.07, 6.45) is -0.581. The van der Waals surface area contributed by atoms with E-state index in [4.69, 9.17) is 5.11 Å². The zero-order valence-corrected chi connectivity index (χ0v) is 5.83. The molecule has 0 aromatic rings. The Hall–Kier alpha value is -0.120. The fourth-order valence-electron chi connectivity index (χ4n) is 1.21. The van der Waals surface area contributed by atoms with E-state index in [9.17, 15) is 5.11 Å². The van der Waals surface area contributed by atoms with Gasteiger partial charge in [0.15, 0.2) is 0 Å². The summed E-state index contributed by atoms with van der Waals surface area (Å²) in [5.74, 6) is 0. The van der Waals surface area contributed by atoms with Crippen LogP contribution in [0.3, 0.4) is 0 Å². The Labute approximate surface area is 54.9 Å². The molecule has 0 spiro atoms. The van der Waals surface area contributed by atoms with Gasteiger partial charge in [-0.1, -0.05) is 0 Å². The number of aliphatic hydroxyl groups excluding tert-OH is 1. The molecule has 1 fully saturated rings. The molecule has 1 rings (SSSR count). The zero-order chi connectivity index (χ0) is 7.07. The highest BCUT2D eigenvalue weighted by Crippen LogP contribution is 2.18. The van der Waals surface area contributed by atoms with Crippen LogP contribution in [-0.2, 0) is 0 Å². The van der Waals surface area contributed by atoms with Gasteiger partial charge in [0.05, 0.1) is 6.10 Å². The van der Waals surface area contributed by atoms with Gasteiger partial charge >= 0.3 is 0 Å². The van der Waals surface area contributed by atoms with Gasteiger partial charge in [0.1, 0.15) is 5.60 Å². The maximum atomic E-state index is 9.34. The van der Waals surface area contributed by atoms with E-state index < -0.39 is 11.7 Å². The van der Waals surface area contributed by atoms with Gasteiger partial charge in [-0.25, -0.2) is 0 Å². The van der Waals surface area contributed by atoms with E-state index >= 15 is 0 Å². The number of β-amino-alcohol motifs (C(OH)–C–C–N with tert-alkyl or cyclic N) is 2. The molecular weight excluding hydrogens is 118 g/mol. The molecule has 2 unspecified atom stereocenters. The first-order valence-corrected chi connectivity index (χ1v) is 3.11. The topological polar surface area (TPSA) is 43.7 Å². The smallest absolute Gasteiger partial charge is 0.102 e. The molecule has 1 aliphatic rings. The summed E-state index contributed by atoms with van der Waals surface area (Å²) in [5, 5.41) is 18.5. The Balaban J connectivity index is 2.58. The molecule has 0 radical (unpaired) electrons. The first-order chi connectivity index (χ1) is 4.02. The summed E-state index contributed by atoms with van der Waals surface area (Å²) < 4.78 is 0. The Kier molecular flexibility index (Phi) is 1.50. The van der Waals surface area contributed by atoms with E-state index in [0.717, 1.165) is 0 Å². The predicted molar refractivity (Wildman–Crippen MR) is 34.1 cm³/mol. The summed E-state index contributed by atoms with van der Waals surface area (Å²) in [6, 6.07) is 0. The van der Waals surface area contributed by atoms with Crippen molar-refractivity contribution in [3.63, 3.8) is 0 Å². The van der Waals surface area contributed by atoms with E-state index in [0.29, 0.717) is 13.1 Å². The number of rotatable bonds is 0. The Morgan fingerprint density at radius 3 is 2.33 bits per heavy atom. The van der Waals surface area contributed by atoms with Gasteiger partial charge in [-0.2, -0.15) is 0 Å². The second-order valence-electron chi connectivity index (χ2n) is 3.07. The molecule has 0 aromatic carbocycles. The first-order valence-electron chi connectivity index (χ1n) is 3.11. The summed E-state index contributed by atoms with van der Waals surface area (Å²) >= 11 is 0. The molecule has 0 saturated carbocycles. The van der Waals surface area contributed by atoms with Crippen LogP contribution in [0.4, 0.5) is 0 Å². The SMILES string of the molecule is CN1CC(O)C(C)(O)C1. The predicted octanol–water partition coefficient (Wildman–Crippen LogP) is -0.956. The first kappa shape index (κ1) is 6.99. The van der Waals surface area contributed by atoms with Crippen LogP contribution in [0.15, 0.2) is 0 Å². The molecule has 1 heterocycles. The molecule has 9 heavy (non-hydrogen) atoms. The third-order valence-electron chi connectivity index (χ3n) is 1.79. The molecule has 54 valence electrons. The minimum atomic E-state index is -0.894. The average molecular weight is 131 g/mol. The van der Waals surface area contributed by atoms with E-state index in [1.54, 1.807) is 6.92 Å². The number of hydrogen-bond donors (Lipinski definition) is 2. The fourth-order valence-corrected chi connectivity index (χ4v) is 1.21. The van der Waals surface area contributed by atoms with E-state index in [1.807, 2.05) is 11.9 Å². The lowest BCUT2D eigenvalue weighted by molar-refractivity contribution is -0.0253. The standard InChI is InChI=1S/C6H13NO2/c1-6(9)4-7(2)3-5(6)8/h5,8-9H,3-4H2,1-2H3. The third kappa shape index (κ3) is 1.23. The maximum Gasteiger partial charge on any atom is 0.102 e. The van der Waals surface area contributed by atoms with Crippen LogP contribution < -0.4 is 0 Å². The molecule has 0 aliphatic carbocycles. The van der Waals surface area contributed by atoms with Crippen LogP contribution in [-0.4, -0.2) is 47.0 Å². The molecule has 3 heteroatoms. The van der Waals surface area contributed by atoms with Crippen LogP contribution in [0, 0.1) is 0 Å². The van der Waals surface area contributed by atoms with Crippen LogP contribution in [0.1, 0.15) is 6.92 Å². The van der Waals surface area contributed by atoms with Crippen molar-refractivity contribution in [3.05, 3.63) is 0 Å². The highest BCUT2D eigenvalue weighted by atomic mass is 16.3. The molecular formula is C6H13NO2. The second kappa shape index (κ2) is 1.94. The van der Waals surface area contributed by atoms with Crippen molar-refractivity contribution in [1.29, 1.82) is 0 Å². The van der Waals surface area contributed by atoms with Crippen molar-refractivity contribution in [2.75, 3.05) is 20.1 Å². The van der Waals surface area contributed by atoms with Crippen LogP contribution in [0.5, 0.6) is 0 Å². The lowest BCUT2D eigenvalue weighted by Gasteiger charge is -2.18. The highest BCUT2D eigenvalue weighted by molar-refractivity contribution is 4.92. The van der Waals surface area contributed by atoms with Crippen molar-refractivity contribution in [2.24, 2.45) is 0 Å². The lowest BCUT2D eigenvalue weighted by atomic mass is 10.0. The Morgan fingerprint density at radius 1 is 1.67 bits per heavy atom. The lowest BCUT2D eigenvalue weighted by Crippen LogP contribution is -2.37. The van der Waals surface area contributed by atoms with Gasteiger partial charge in [0.2, 0.25) is 0 Å². The van der Waals surface area contributed by atoms with Gasteiger partial charge in [-0.05, 0) is 14.0 Å². The van der Waals surface area contributed by atoms with E-state index in [1.165, 1.54) is 0 Å². The minimum Gasteiger partial charge on any atom is -0.389 e. The van der Waals surface area contributed by atoms with Crippen molar-refractivity contribution in [3.8, 4) is 0 Å². The van der Waals surface area contributed by atoms with Gasteiger partial charge in [0, 0.05) is 13.1 Å². The quantitative estimate of drug-likeness (QED) is 0.445. The molecule has 0 bridgehead atoms. The molecule has 2 atom stereocenters. The normalized spacial score (nSPS) is 46.0. The summed E-state index contributed by atoms with van der Waals surface area (Å²) in [4.78, 5) is 1.91. The van der Waals surface area contributed by atoms with E-state index in [-0.39, 0.29) is 0 Å². The fraction of sp³-hybridized carbons (Fsp3) is 1.00. The van der Waals surface area contributed by atoms with Crippen molar-refractivity contribution in [1.82, 2.24) is 4.90 Å². The average Bonchev–Trinajstić information content (AvgIpc) is 1.79. The number of likely N-dealkylation sites (tertiary alicyclic amines) is 1. The Bertz CT molecular complexity index is 114. The van der Waals surface area contributed by atoms with Gasteiger partial charge in [-0.15, -0.1) is 0 Å². The second-order valence-corrected chi connectivity index (χ2v) is 3.07. The number of hydrogen-bond acceptors (Lipinski definition) is 3. The van der Waals surface area contributed by atoms with Gasteiger partial charge in [0.25, 0.3) is 0 Å². The van der Waals surface area contributed by atoms with Crippen LogP contribution >= 0.6 is 0 Å². The largest absolute Gasteiger partial charge is 0.389 e. The van der Waals surface area contributed by atoms with Gasteiger partial charge in [-0.3, -0.25) is 0 Å². The molecule has 2 N–H and O–H groups in total. The summed E-state index contributed by atoms with van der Waals surface area (Å²) in [7, 11) is 1.88. The minimum absolute atomic E-state index is 0.564. The molecule has 0 aromatic heterocycles. The van der Waals surface area contributed by atoms with Crippen LogP contribution in [0.2, 0.25) is 0 Å².